The van der Waals surface area contributed by atoms with Gasteiger partial charge < -0.3 is 14.8 Å². The van der Waals surface area contributed by atoms with Gasteiger partial charge in [0.2, 0.25) is 0 Å². The number of rotatable bonds is 4. The zero-order chi connectivity index (χ0) is 20.4. The number of carbonyl (C=O) groups excluding carboxylic acids is 2. The maximum atomic E-state index is 12.8. The molecule has 0 saturated carbocycles. The van der Waals surface area contributed by atoms with Gasteiger partial charge in [-0.05, 0) is 48.4 Å². The summed E-state index contributed by atoms with van der Waals surface area (Å²) in [5, 5.41) is 2.86. The Morgan fingerprint density at radius 1 is 1.07 bits per heavy atom. The van der Waals surface area contributed by atoms with Crippen LogP contribution in [0.4, 0.5) is 5.69 Å². The molecule has 1 heterocycles. The van der Waals surface area contributed by atoms with Crippen molar-refractivity contribution < 1.29 is 19.1 Å². The standard InChI is InChI=1S/C24H21NO4/c1-15-7-9-16(10-8-15)22-14-18-13-17(11-12-19(18)24(27)29-22)23(26)25-20-5-3-4-6-21(20)28-2/h3-13,22H,14H2,1-2H3,(H,25,26)/t22-/m0/s1. The Morgan fingerprint density at radius 3 is 2.59 bits per heavy atom. The van der Waals surface area contributed by atoms with Crippen LogP contribution in [0.3, 0.4) is 0 Å². The topological polar surface area (TPSA) is 64.6 Å². The Labute approximate surface area is 169 Å². The molecular formula is C24H21NO4. The number of anilines is 1. The van der Waals surface area contributed by atoms with Crippen molar-refractivity contribution in [2.24, 2.45) is 0 Å². The van der Waals surface area contributed by atoms with Crippen LogP contribution in [-0.4, -0.2) is 19.0 Å². The molecular weight excluding hydrogens is 366 g/mol. The Morgan fingerprint density at radius 2 is 1.83 bits per heavy atom. The normalized spacial score (nSPS) is 15.2. The third-order valence-corrected chi connectivity index (χ3v) is 5.05. The van der Waals surface area contributed by atoms with E-state index >= 15 is 0 Å². The predicted octanol–water partition coefficient (Wildman–Crippen LogP) is 4.71. The maximum absolute atomic E-state index is 12.8. The summed E-state index contributed by atoms with van der Waals surface area (Å²) in [6, 6.07) is 20.2. The van der Waals surface area contributed by atoms with E-state index in [0.29, 0.717) is 29.0 Å². The number of aryl methyl sites for hydroxylation is 1. The highest BCUT2D eigenvalue weighted by molar-refractivity contribution is 6.06. The Balaban J connectivity index is 1.59. The SMILES string of the molecule is COc1ccccc1NC(=O)c1ccc2c(c1)C[C@@H](c1ccc(C)cc1)OC2=O. The minimum atomic E-state index is -0.367. The second kappa shape index (κ2) is 7.80. The van der Waals surface area contributed by atoms with Crippen molar-refractivity contribution in [3.8, 4) is 5.75 Å². The van der Waals surface area contributed by atoms with Crippen molar-refractivity contribution in [3.63, 3.8) is 0 Å². The molecule has 146 valence electrons. The lowest BCUT2D eigenvalue weighted by Gasteiger charge is -2.25. The van der Waals surface area contributed by atoms with Crippen LogP contribution in [0.25, 0.3) is 0 Å². The molecule has 1 N–H and O–H groups in total. The van der Waals surface area contributed by atoms with Crippen LogP contribution in [0.2, 0.25) is 0 Å². The lowest BCUT2D eigenvalue weighted by atomic mass is 9.92. The molecule has 0 aliphatic carbocycles. The smallest absolute Gasteiger partial charge is 0.339 e. The minimum Gasteiger partial charge on any atom is -0.495 e. The van der Waals surface area contributed by atoms with E-state index < -0.39 is 0 Å². The number of fused-ring (bicyclic) bond motifs is 1. The second-order valence-corrected chi connectivity index (χ2v) is 7.04. The van der Waals surface area contributed by atoms with Crippen LogP contribution in [-0.2, 0) is 11.2 Å². The average molecular weight is 387 g/mol. The van der Waals surface area contributed by atoms with E-state index in [-0.39, 0.29) is 18.0 Å². The zero-order valence-corrected chi connectivity index (χ0v) is 16.3. The van der Waals surface area contributed by atoms with Crippen LogP contribution < -0.4 is 10.1 Å². The van der Waals surface area contributed by atoms with E-state index in [4.69, 9.17) is 9.47 Å². The number of hydrogen-bond acceptors (Lipinski definition) is 4. The molecule has 1 atom stereocenters. The average Bonchev–Trinajstić information content (AvgIpc) is 2.74. The molecule has 0 spiro atoms. The quantitative estimate of drug-likeness (QED) is 0.659. The fraction of sp³-hybridized carbons (Fsp3) is 0.167. The maximum Gasteiger partial charge on any atom is 0.339 e. The summed E-state index contributed by atoms with van der Waals surface area (Å²) in [4.78, 5) is 25.2. The molecule has 0 radical (unpaired) electrons. The fourth-order valence-corrected chi connectivity index (χ4v) is 3.45. The van der Waals surface area contributed by atoms with Crippen LogP contribution in [0, 0.1) is 6.92 Å². The van der Waals surface area contributed by atoms with E-state index in [1.165, 1.54) is 0 Å². The van der Waals surface area contributed by atoms with E-state index in [2.05, 4.69) is 5.32 Å². The first kappa shape index (κ1) is 18.7. The number of benzene rings is 3. The number of cyclic esters (lactones) is 1. The van der Waals surface area contributed by atoms with Crippen LogP contribution in [0.5, 0.6) is 5.75 Å². The monoisotopic (exact) mass is 387 g/mol. The van der Waals surface area contributed by atoms with Gasteiger partial charge in [-0.1, -0.05) is 42.0 Å². The van der Waals surface area contributed by atoms with Gasteiger partial charge in [0, 0.05) is 12.0 Å². The van der Waals surface area contributed by atoms with Crippen molar-refractivity contribution in [2.75, 3.05) is 12.4 Å². The van der Waals surface area contributed by atoms with Crippen molar-refractivity contribution >= 4 is 17.6 Å². The Bertz CT molecular complexity index is 1070. The highest BCUT2D eigenvalue weighted by Gasteiger charge is 2.28. The number of methoxy groups -OCH3 is 1. The van der Waals surface area contributed by atoms with Gasteiger partial charge in [-0.15, -0.1) is 0 Å². The summed E-state index contributed by atoms with van der Waals surface area (Å²) < 4.78 is 10.9. The summed E-state index contributed by atoms with van der Waals surface area (Å²) in [5.74, 6) is -0.0431. The first-order valence-electron chi connectivity index (χ1n) is 9.40. The summed E-state index contributed by atoms with van der Waals surface area (Å²) in [6.45, 7) is 2.01. The van der Waals surface area contributed by atoms with Crippen molar-refractivity contribution in [1.82, 2.24) is 0 Å². The lowest BCUT2D eigenvalue weighted by Crippen LogP contribution is -2.23. The molecule has 0 saturated heterocycles. The summed E-state index contributed by atoms with van der Waals surface area (Å²) in [7, 11) is 1.56. The van der Waals surface area contributed by atoms with E-state index in [0.717, 1.165) is 16.7 Å². The molecule has 1 aliphatic rings. The first-order valence-corrected chi connectivity index (χ1v) is 9.40. The van der Waals surface area contributed by atoms with Crippen molar-refractivity contribution in [3.05, 3.63) is 94.5 Å². The molecule has 4 rings (SSSR count). The lowest BCUT2D eigenvalue weighted by molar-refractivity contribution is 0.0252. The molecule has 5 heteroatoms. The number of nitrogens with one attached hydrogen (secondary N) is 1. The van der Waals surface area contributed by atoms with Gasteiger partial charge in [0.1, 0.15) is 11.9 Å². The predicted molar refractivity (Wildman–Crippen MR) is 110 cm³/mol. The molecule has 29 heavy (non-hydrogen) atoms. The van der Waals surface area contributed by atoms with Gasteiger partial charge in [0.15, 0.2) is 0 Å². The molecule has 0 fully saturated rings. The number of carbonyl (C=O) groups is 2. The zero-order valence-electron chi connectivity index (χ0n) is 16.3. The molecule has 0 aromatic heterocycles. The molecule has 5 nitrogen and oxygen atoms in total. The molecule has 1 amide bonds. The van der Waals surface area contributed by atoms with Gasteiger partial charge in [-0.25, -0.2) is 4.79 Å². The third kappa shape index (κ3) is 3.85. The van der Waals surface area contributed by atoms with Gasteiger partial charge in [0.05, 0.1) is 18.4 Å². The van der Waals surface area contributed by atoms with Crippen LogP contribution >= 0.6 is 0 Å². The highest BCUT2D eigenvalue weighted by Crippen LogP contribution is 2.31. The molecule has 1 aliphatic heterocycles. The third-order valence-electron chi connectivity index (χ3n) is 5.05. The largest absolute Gasteiger partial charge is 0.495 e. The van der Waals surface area contributed by atoms with E-state index in [1.54, 1.807) is 37.4 Å². The van der Waals surface area contributed by atoms with Gasteiger partial charge in [-0.3, -0.25) is 4.79 Å². The number of esters is 1. The summed E-state index contributed by atoms with van der Waals surface area (Å²) >= 11 is 0. The van der Waals surface area contributed by atoms with E-state index in [9.17, 15) is 9.59 Å². The molecule has 3 aromatic carbocycles. The van der Waals surface area contributed by atoms with Crippen LogP contribution in [0.15, 0.2) is 66.7 Å². The van der Waals surface area contributed by atoms with Gasteiger partial charge >= 0.3 is 5.97 Å². The van der Waals surface area contributed by atoms with Crippen molar-refractivity contribution in [2.45, 2.75) is 19.4 Å². The van der Waals surface area contributed by atoms with Gasteiger partial charge in [0.25, 0.3) is 5.91 Å². The fourth-order valence-electron chi connectivity index (χ4n) is 3.45. The summed E-state index contributed by atoms with van der Waals surface area (Å²) in [6.07, 6.45) is 0.169. The highest BCUT2D eigenvalue weighted by atomic mass is 16.5. The van der Waals surface area contributed by atoms with Crippen molar-refractivity contribution in [1.29, 1.82) is 0 Å². The Kier molecular flexibility index (Phi) is 5.04. The summed E-state index contributed by atoms with van der Waals surface area (Å²) in [5.41, 5.74) is 4.47. The molecule has 0 unspecified atom stereocenters. The number of para-hydroxylation sites is 2. The first-order chi connectivity index (χ1) is 14.0. The Hall–Kier alpha value is -3.60. The van der Waals surface area contributed by atoms with Gasteiger partial charge in [-0.2, -0.15) is 0 Å². The second-order valence-electron chi connectivity index (χ2n) is 7.04. The molecule has 3 aromatic rings. The number of ether oxygens (including phenoxy) is 2. The van der Waals surface area contributed by atoms with Crippen LogP contribution in [0.1, 0.15) is 43.5 Å². The number of amides is 1. The number of hydrogen-bond donors (Lipinski definition) is 1. The van der Waals surface area contributed by atoms with E-state index in [1.807, 2.05) is 43.3 Å². The minimum absolute atomic E-state index is 0.261. The molecule has 0 bridgehead atoms.